The topological polar surface area (TPSA) is 83.8 Å². The summed E-state index contributed by atoms with van der Waals surface area (Å²) in [4.78, 5) is 11.9. The molecule has 4 N–H and O–H groups in total. The molecular weight excluding hydrogens is 261 g/mol. The molecule has 5 nitrogen and oxygen atoms in total. The summed E-state index contributed by atoms with van der Waals surface area (Å²) in [6.45, 7) is 0. The number of hydrogen-bond acceptors (Lipinski definition) is 3. The molecule has 1 aliphatic carbocycles. The van der Waals surface area contributed by atoms with Gasteiger partial charge in [-0.05, 0) is 25.7 Å². The van der Waals surface area contributed by atoms with Crippen LogP contribution >= 0.6 is 0 Å². The lowest BCUT2D eigenvalue weighted by Gasteiger charge is -2.28. The van der Waals surface area contributed by atoms with Gasteiger partial charge in [0.25, 0.3) is 0 Å². The normalized spacial score (nSPS) is 24.2. The van der Waals surface area contributed by atoms with E-state index in [-0.39, 0.29) is 31.6 Å². The number of nitrogens with one attached hydrogen (secondary N) is 2. The Bertz CT molecular complexity index is 449. The third-order valence-corrected chi connectivity index (χ3v) is 3.48. The van der Waals surface area contributed by atoms with Gasteiger partial charge < -0.3 is 11.1 Å². The number of anilines is 2. The fourth-order valence-corrected chi connectivity index (χ4v) is 2.30. The first-order valence-corrected chi connectivity index (χ1v) is 6.04. The van der Waals surface area contributed by atoms with Crippen molar-refractivity contribution in [1.82, 2.24) is 10.2 Å². The molecule has 19 heavy (non-hydrogen) atoms. The molecule has 0 atom stereocenters. The Labute approximate surface area is 107 Å². The standard InChI is InChI=1S/C11H15F3N4O/c12-11(13,14)7-3-1-6(2-4-7)10(19)17-9-8(15)5-16-18-9/h5-7H,1-4,15H2,(H2,16,17,18,19). The van der Waals surface area contributed by atoms with Crippen LogP contribution in [0.5, 0.6) is 0 Å². The smallest absolute Gasteiger partial charge is 0.391 e. The second-order valence-electron chi connectivity index (χ2n) is 4.78. The molecule has 1 aromatic heterocycles. The molecule has 0 radical (unpaired) electrons. The zero-order valence-electron chi connectivity index (χ0n) is 10.1. The van der Waals surface area contributed by atoms with Crippen molar-refractivity contribution in [1.29, 1.82) is 0 Å². The third kappa shape index (κ3) is 3.18. The van der Waals surface area contributed by atoms with Crippen LogP contribution in [0.3, 0.4) is 0 Å². The Morgan fingerprint density at radius 2 is 2.00 bits per heavy atom. The number of nitrogen functional groups attached to an aromatic ring is 1. The largest absolute Gasteiger partial charge is 0.394 e. The highest BCUT2D eigenvalue weighted by atomic mass is 19.4. The van der Waals surface area contributed by atoms with Crippen LogP contribution in [-0.2, 0) is 4.79 Å². The van der Waals surface area contributed by atoms with Crippen LogP contribution in [0.2, 0.25) is 0 Å². The maximum Gasteiger partial charge on any atom is 0.391 e. The number of nitrogens with zero attached hydrogens (tertiary/aromatic N) is 1. The molecule has 1 amide bonds. The summed E-state index contributed by atoms with van der Waals surface area (Å²) in [5, 5.41) is 8.72. The second kappa shape index (κ2) is 5.10. The van der Waals surface area contributed by atoms with Gasteiger partial charge in [-0.25, -0.2) is 0 Å². The van der Waals surface area contributed by atoms with Gasteiger partial charge in [0.2, 0.25) is 5.91 Å². The maximum absolute atomic E-state index is 12.5. The zero-order valence-corrected chi connectivity index (χ0v) is 10.1. The molecular formula is C11H15F3N4O. The van der Waals surface area contributed by atoms with Crippen molar-refractivity contribution in [2.24, 2.45) is 11.8 Å². The van der Waals surface area contributed by atoms with Gasteiger partial charge in [0.15, 0.2) is 5.82 Å². The fourth-order valence-electron chi connectivity index (χ4n) is 2.30. The van der Waals surface area contributed by atoms with Gasteiger partial charge in [0.1, 0.15) is 0 Å². The van der Waals surface area contributed by atoms with Crippen molar-refractivity contribution in [3.63, 3.8) is 0 Å². The second-order valence-corrected chi connectivity index (χ2v) is 4.78. The van der Waals surface area contributed by atoms with Gasteiger partial charge in [-0.3, -0.25) is 9.89 Å². The minimum atomic E-state index is -4.16. The summed E-state index contributed by atoms with van der Waals surface area (Å²) < 4.78 is 37.5. The summed E-state index contributed by atoms with van der Waals surface area (Å²) in [7, 11) is 0. The number of carbonyl (C=O) groups is 1. The van der Waals surface area contributed by atoms with Crippen molar-refractivity contribution in [2.75, 3.05) is 11.1 Å². The first-order chi connectivity index (χ1) is 8.88. The first kappa shape index (κ1) is 13.7. The Morgan fingerprint density at radius 3 is 2.47 bits per heavy atom. The highest BCUT2D eigenvalue weighted by molar-refractivity contribution is 5.94. The lowest BCUT2D eigenvalue weighted by molar-refractivity contribution is -0.184. The van der Waals surface area contributed by atoms with Crippen LogP contribution in [0.4, 0.5) is 24.7 Å². The number of amides is 1. The van der Waals surface area contributed by atoms with Crippen molar-refractivity contribution >= 4 is 17.4 Å². The quantitative estimate of drug-likeness (QED) is 0.775. The van der Waals surface area contributed by atoms with Gasteiger partial charge in [-0.1, -0.05) is 0 Å². The number of alkyl halides is 3. The van der Waals surface area contributed by atoms with Gasteiger partial charge >= 0.3 is 6.18 Å². The Hall–Kier alpha value is -1.73. The predicted molar refractivity (Wildman–Crippen MR) is 63.1 cm³/mol. The van der Waals surface area contributed by atoms with E-state index in [1.807, 2.05) is 0 Å². The van der Waals surface area contributed by atoms with Gasteiger partial charge in [-0.15, -0.1) is 0 Å². The summed E-state index contributed by atoms with van der Waals surface area (Å²) >= 11 is 0. The van der Waals surface area contributed by atoms with Crippen LogP contribution in [0.1, 0.15) is 25.7 Å². The maximum atomic E-state index is 12.5. The molecule has 0 aromatic carbocycles. The molecule has 0 aliphatic heterocycles. The van der Waals surface area contributed by atoms with E-state index in [9.17, 15) is 18.0 Å². The summed E-state index contributed by atoms with van der Waals surface area (Å²) in [5.74, 6) is -1.70. The number of carbonyl (C=O) groups excluding carboxylic acids is 1. The number of halogens is 3. The van der Waals surface area contributed by atoms with Crippen LogP contribution in [0.25, 0.3) is 0 Å². The van der Waals surface area contributed by atoms with E-state index in [2.05, 4.69) is 15.5 Å². The lowest BCUT2D eigenvalue weighted by Crippen LogP contribution is -2.32. The van der Waals surface area contributed by atoms with E-state index in [0.717, 1.165) is 0 Å². The molecule has 0 saturated heterocycles. The molecule has 0 bridgehead atoms. The Kier molecular flexibility index (Phi) is 3.68. The molecule has 106 valence electrons. The number of aromatic nitrogens is 2. The monoisotopic (exact) mass is 276 g/mol. The highest BCUT2D eigenvalue weighted by Crippen LogP contribution is 2.39. The van der Waals surface area contributed by atoms with Gasteiger partial charge in [-0.2, -0.15) is 18.3 Å². The van der Waals surface area contributed by atoms with Gasteiger partial charge in [0.05, 0.1) is 17.8 Å². The molecule has 1 aromatic rings. The van der Waals surface area contributed by atoms with E-state index in [1.165, 1.54) is 6.20 Å². The molecule has 1 aliphatic rings. The zero-order chi connectivity index (χ0) is 14.0. The van der Waals surface area contributed by atoms with Crippen LogP contribution in [0.15, 0.2) is 6.20 Å². The lowest BCUT2D eigenvalue weighted by atomic mass is 9.81. The molecule has 8 heteroatoms. The van der Waals surface area contributed by atoms with Crippen molar-refractivity contribution < 1.29 is 18.0 Å². The SMILES string of the molecule is Nc1cn[nH]c1NC(=O)C1CCC(C(F)(F)F)CC1. The highest BCUT2D eigenvalue weighted by Gasteiger charge is 2.42. The van der Waals surface area contributed by atoms with E-state index in [1.54, 1.807) is 0 Å². The van der Waals surface area contributed by atoms with E-state index < -0.39 is 18.0 Å². The molecule has 1 saturated carbocycles. The first-order valence-electron chi connectivity index (χ1n) is 6.04. The molecule has 2 rings (SSSR count). The van der Waals surface area contributed by atoms with E-state index >= 15 is 0 Å². The van der Waals surface area contributed by atoms with E-state index in [4.69, 9.17) is 5.73 Å². The number of nitrogens with two attached hydrogens (primary N) is 1. The summed E-state index contributed by atoms with van der Waals surface area (Å²) in [5.41, 5.74) is 5.84. The van der Waals surface area contributed by atoms with Crippen molar-refractivity contribution in [3.05, 3.63) is 6.20 Å². The predicted octanol–water partition coefficient (Wildman–Crippen LogP) is 2.30. The number of rotatable bonds is 2. The third-order valence-electron chi connectivity index (χ3n) is 3.48. The Morgan fingerprint density at radius 1 is 1.37 bits per heavy atom. The Balaban J connectivity index is 1.88. The number of hydrogen-bond donors (Lipinski definition) is 3. The average molecular weight is 276 g/mol. The molecule has 0 unspecified atom stereocenters. The minimum absolute atomic E-state index is 0.0000446. The molecule has 1 fully saturated rings. The van der Waals surface area contributed by atoms with Crippen LogP contribution in [-0.4, -0.2) is 22.3 Å². The molecule has 0 spiro atoms. The summed E-state index contributed by atoms with van der Waals surface area (Å²) in [6, 6.07) is 0. The van der Waals surface area contributed by atoms with E-state index in [0.29, 0.717) is 11.5 Å². The fraction of sp³-hybridized carbons (Fsp3) is 0.636. The number of aromatic amines is 1. The van der Waals surface area contributed by atoms with Crippen LogP contribution < -0.4 is 11.1 Å². The van der Waals surface area contributed by atoms with Gasteiger partial charge in [0, 0.05) is 5.92 Å². The summed E-state index contributed by atoms with van der Waals surface area (Å²) in [6.07, 6.45) is -2.32. The van der Waals surface area contributed by atoms with Crippen LogP contribution in [0, 0.1) is 11.8 Å². The van der Waals surface area contributed by atoms with Crippen molar-refractivity contribution in [3.8, 4) is 0 Å². The minimum Gasteiger partial charge on any atom is -0.394 e. The average Bonchev–Trinajstić information content (AvgIpc) is 2.74. The number of H-pyrrole nitrogens is 1. The van der Waals surface area contributed by atoms with Crippen molar-refractivity contribution in [2.45, 2.75) is 31.9 Å². The molecule has 1 heterocycles.